The molecule has 2 aromatic rings. The topological polar surface area (TPSA) is 70.9 Å². The zero-order chi connectivity index (χ0) is 11.0. The van der Waals surface area contributed by atoms with Gasteiger partial charge in [0.1, 0.15) is 5.82 Å². The number of hydrogen-bond donors (Lipinski definition) is 3. The van der Waals surface area contributed by atoms with Crippen LogP contribution in [-0.2, 0) is 0 Å². The number of aryl methyl sites for hydroxylation is 1. The predicted octanol–water partition coefficient (Wildman–Crippen LogP) is 1.62. The summed E-state index contributed by atoms with van der Waals surface area (Å²) in [4.78, 5) is 14.4. The Morgan fingerprint density at radius 3 is 2.80 bits per heavy atom. The Labute approximate surface area is 87.5 Å². The number of amides is 1. The number of primary amides is 1. The molecule has 0 bridgehead atoms. The largest absolute Gasteiger partial charge is 0.374 e. The van der Waals surface area contributed by atoms with Gasteiger partial charge in [-0.15, -0.1) is 0 Å². The van der Waals surface area contributed by atoms with E-state index in [2.05, 4.69) is 10.3 Å². The Morgan fingerprint density at radius 1 is 1.47 bits per heavy atom. The maximum Gasteiger partial charge on any atom is 0.253 e. The van der Waals surface area contributed by atoms with Crippen molar-refractivity contribution >= 4 is 22.6 Å². The minimum absolute atomic E-state index is 0.422. The number of aromatic amines is 1. The van der Waals surface area contributed by atoms with Gasteiger partial charge in [-0.05, 0) is 18.6 Å². The van der Waals surface area contributed by atoms with E-state index in [1.165, 1.54) is 0 Å². The highest BCUT2D eigenvalue weighted by Crippen LogP contribution is 2.26. The first-order chi connectivity index (χ1) is 7.13. The van der Waals surface area contributed by atoms with Crippen molar-refractivity contribution in [1.29, 1.82) is 0 Å². The lowest BCUT2D eigenvalue weighted by molar-refractivity contribution is 0.100. The SMILES string of the molecule is CNc1[nH]c2cc(C)ccc2c1C(N)=O. The minimum Gasteiger partial charge on any atom is -0.374 e. The van der Waals surface area contributed by atoms with E-state index >= 15 is 0 Å². The highest BCUT2D eigenvalue weighted by atomic mass is 16.1. The van der Waals surface area contributed by atoms with E-state index < -0.39 is 5.91 Å². The van der Waals surface area contributed by atoms with E-state index in [4.69, 9.17) is 5.73 Å². The van der Waals surface area contributed by atoms with Crippen molar-refractivity contribution in [2.24, 2.45) is 5.73 Å². The van der Waals surface area contributed by atoms with Gasteiger partial charge in [0.05, 0.1) is 5.56 Å². The Kier molecular flexibility index (Phi) is 2.11. The van der Waals surface area contributed by atoms with Crippen molar-refractivity contribution in [2.75, 3.05) is 12.4 Å². The fourth-order valence-electron chi connectivity index (χ4n) is 1.75. The van der Waals surface area contributed by atoms with Gasteiger partial charge in [-0.1, -0.05) is 12.1 Å². The molecule has 0 aliphatic carbocycles. The van der Waals surface area contributed by atoms with Crippen molar-refractivity contribution < 1.29 is 4.79 Å². The van der Waals surface area contributed by atoms with Crippen molar-refractivity contribution in [2.45, 2.75) is 6.92 Å². The number of nitrogens with two attached hydrogens (primary N) is 1. The Morgan fingerprint density at radius 2 is 2.20 bits per heavy atom. The maximum absolute atomic E-state index is 11.3. The second-order valence-corrected chi connectivity index (χ2v) is 3.54. The number of aromatic nitrogens is 1. The van der Waals surface area contributed by atoms with E-state index in [0.717, 1.165) is 16.5 Å². The van der Waals surface area contributed by atoms with Gasteiger partial charge in [0.15, 0.2) is 0 Å². The van der Waals surface area contributed by atoms with Gasteiger partial charge in [-0.3, -0.25) is 4.79 Å². The third kappa shape index (κ3) is 1.44. The Balaban J connectivity index is 2.80. The molecule has 4 N–H and O–H groups in total. The van der Waals surface area contributed by atoms with Crippen LogP contribution in [0.1, 0.15) is 15.9 Å². The smallest absolute Gasteiger partial charge is 0.253 e. The second-order valence-electron chi connectivity index (χ2n) is 3.54. The molecule has 2 rings (SSSR count). The average molecular weight is 203 g/mol. The van der Waals surface area contributed by atoms with Crippen LogP contribution in [-0.4, -0.2) is 17.9 Å². The molecule has 4 heteroatoms. The van der Waals surface area contributed by atoms with Crippen LogP contribution in [0, 0.1) is 6.92 Å². The monoisotopic (exact) mass is 203 g/mol. The molecule has 0 atom stereocenters. The zero-order valence-corrected chi connectivity index (χ0v) is 8.72. The molecule has 0 aliphatic rings. The van der Waals surface area contributed by atoms with Gasteiger partial charge < -0.3 is 16.0 Å². The maximum atomic E-state index is 11.3. The number of rotatable bonds is 2. The number of fused-ring (bicyclic) bond motifs is 1. The Hall–Kier alpha value is -1.97. The molecular weight excluding hydrogens is 190 g/mol. The summed E-state index contributed by atoms with van der Waals surface area (Å²) in [5.74, 6) is 0.248. The molecule has 0 saturated heterocycles. The third-order valence-corrected chi connectivity index (χ3v) is 2.45. The molecule has 0 aliphatic heterocycles. The molecule has 78 valence electrons. The average Bonchev–Trinajstić information content (AvgIpc) is 2.54. The van der Waals surface area contributed by atoms with Crippen LogP contribution in [0.3, 0.4) is 0 Å². The summed E-state index contributed by atoms with van der Waals surface area (Å²) in [6.07, 6.45) is 0. The van der Waals surface area contributed by atoms with Crippen LogP contribution in [0.15, 0.2) is 18.2 Å². The molecule has 1 heterocycles. The number of anilines is 1. The molecule has 0 saturated carbocycles. The molecular formula is C11H13N3O. The van der Waals surface area contributed by atoms with Gasteiger partial charge >= 0.3 is 0 Å². The van der Waals surface area contributed by atoms with E-state index in [-0.39, 0.29) is 0 Å². The fourth-order valence-corrected chi connectivity index (χ4v) is 1.75. The van der Waals surface area contributed by atoms with Crippen molar-refractivity contribution in [1.82, 2.24) is 4.98 Å². The number of carbonyl (C=O) groups is 1. The Bertz CT molecular complexity index is 528. The molecule has 0 unspecified atom stereocenters. The van der Waals surface area contributed by atoms with Gasteiger partial charge in [0.2, 0.25) is 0 Å². The molecule has 1 aromatic heterocycles. The third-order valence-electron chi connectivity index (χ3n) is 2.45. The number of nitrogens with one attached hydrogen (secondary N) is 2. The quantitative estimate of drug-likeness (QED) is 0.694. The minimum atomic E-state index is -0.422. The number of carbonyl (C=O) groups excluding carboxylic acids is 1. The first-order valence-corrected chi connectivity index (χ1v) is 4.73. The van der Waals surface area contributed by atoms with Crippen LogP contribution >= 0.6 is 0 Å². The molecule has 1 aromatic carbocycles. The molecule has 4 nitrogen and oxygen atoms in total. The van der Waals surface area contributed by atoms with Crippen LogP contribution in [0.25, 0.3) is 10.9 Å². The normalized spacial score (nSPS) is 10.5. The van der Waals surface area contributed by atoms with Crippen LogP contribution < -0.4 is 11.1 Å². The molecule has 1 amide bonds. The standard InChI is InChI=1S/C11H13N3O/c1-6-3-4-7-8(5-6)14-11(13-2)9(7)10(12)15/h3-5,13-14H,1-2H3,(H2,12,15). The summed E-state index contributed by atoms with van der Waals surface area (Å²) >= 11 is 0. The number of benzene rings is 1. The lowest BCUT2D eigenvalue weighted by atomic mass is 10.1. The van der Waals surface area contributed by atoms with E-state index in [1.54, 1.807) is 7.05 Å². The van der Waals surface area contributed by atoms with Crippen molar-refractivity contribution in [3.8, 4) is 0 Å². The number of H-pyrrole nitrogens is 1. The number of hydrogen-bond acceptors (Lipinski definition) is 2. The van der Waals surface area contributed by atoms with E-state index in [1.807, 2.05) is 25.1 Å². The molecule has 0 spiro atoms. The summed E-state index contributed by atoms with van der Waals surface area (Å²) in [6, 6.07) is 5.85. The lowest BCUT2D eigenvalue weighted by Gasteiger charge is -1.98. The van der Waals surface area contributed by atoms with Gasteiger partial charge in [0, 0.05) is 18.0 Å². The second kappa shape index (κ2) is 3.31. The van der Waals surface area contributed by atoms with E-state index in [0.29, 0.717) is 11.4 Å². The first kappa shape index (κ1) is 9.58. The summed E-state index contributed by atoms with van der Waals surface area (Å²) in [6.45, 7) is 2.00. The van der Waals surface area contributed by atoms with E-state index in [9.17, 15) is 4.79 Å². The van der Waals surface area contributed by atoms with Gasteiger partial charge in [-0.25, -0.2) is 0 Å². The predicted molar refractivity (Wildman–Crippen MR) is 61.1 cm³/mol. The van der Waals surface area contributed by atoms with Crippen molar-refractivity contribution in [3.05, 3.63) is 29.3 Å². The zero-order valence-electron chi connectivity index (χ0n) is 8.72. The summed E-state index contributed by atoms with van der Waals surface area (Å²) in [5.41, 5.74) is 7.93. The fraction of sp³-hybridized carbons (Fsp3) is 0.182. The molecule has 0 radical (unpaired) electrons. The molecule has 15 heavy (non-hydrogen) atoms. The summed E-state index contributed by atoms with van der Waals surface area (Å²) < 4.78 is 0. The van der Waals surface area contributed by atoms with Crippen LogP contribution in [0.5, 0.6) is 0 Å². The first-order valence-electron chi connectivity index (χ1n) is 4.73. The highest BCUT2D eigenvalue weighted by Gasteiger charge is 2.14. The highest BCUT2D eigenvalue weighted by molar-refractivity contribution is 6.11. The lowest BCUT2D eigenvalue weighted by Crippen LogP contribution is -2.12. The van der Waals surface area contributed by atoms with Crippen molar-refractivity contribution in [3.63, 3.8) is 0 Å². The summed E-state index contributed by atoms with van der Waals surface area (Å²) in [5, 5.41) is 3.79. The van der Waals surface area contributed by atoms with Gasteiger partial charge in [0.25, 0.3) is 5.91 Å². The molecule has 0 fully saturated rings. The van der Waals surface area contributed by atoms with Crippen LogP contribution in [0.4, 0.5) is 5.82 Å². The van der Waals surface area contributed by atoms with Gasteiger partial charge in [-0.2, -0.15) is 0 Å². The van der Waals surface area contributed by atoms with Crippen LogP contribution in [0.2, 0.25) is 0 Å². The summed E-state index contributed by atoms with van der Waals surface area (Å²) in [7, 11) is 1.75.